The Bertz CT molecular complexity index is 1060. The third-order valence-corrected chi connectivity index (χ3v) is 4.35. The van der Waals surface area contributed by atoms with Crippen LogP contribution in [0, 0.1) is 6.92 Å². The van der Waals surface area contributed by atoms with Crippen LogP contribution in [0.5, 0.6) is 11.5 Å². The van der Waals surface area contributed by atoms with E-state index in [0.717, 1.165) is 16.9 Å². The van der Waals surface area contributed by atoms with Gasteiger partial charge in [0.05, 0.1) is 0 Å². The predicted octanol–water partition coefficient (Wildman–Crippen LogP) is 4.65. The highest BCUT2D eigenvalue weighted by atomic mass is 16.5. The fourth-order valence-corrected chi connectivity index (χ4v) is 2.75. The van der Waals surface area contributed by atoms with Gasteiger partial charge in [0.15, 0.2) is 0 Å². The van der Waals surface area contributed by atoms with E-state index in [9.17, 15) is 9.59 Å². The number of ether oxygens (including phenoxy) is 1. The quantitative estimate of drug-likeness (QED) is 0.613. The van der Waals surface area contributed by atoms with Crippen molar-refractivity contribution in [2.45, 2.75) is 6.92 Å². The minimum absolute atomic E-state index is 0.183. The van der Waals surface area contributed by atoms with E-state index in [2.05, 4.69) is 5.32 Å². The number of carbonyl (C=O) groups is 2. The Labute approximate surface area is 176 Å². The molecular formula is C25H24N2O3. The van der Waals surface area contributed by atoms with Gasteiger partial charge >= 0.3 is 0 Å². The third-order valence-electron chi connectivity index (χ3n) is 4.35. The molecule has 0 spiro atoms. The van der Waals surface area contributed by atoms with Gasteiger partial charge in [-0.05, 0) is 55.0 Å². The minimum Gasteiger partial charge on any atom is -0.457 e. The lowest BCUT2D eigenvalue weighted by Crippen LogP contribution is -2.34. The highest BCUT2D eigenvalue weighted by Gasteiger charge is 2.16. The van der Waals surface area contributed by atoms with Crippen LogP contribution in [0.2, 0.25) is 0 Å². The molecule has 3 aromatic carbocycles. The summed E-state index contributed by atoms with van der Waals surface area (Å²) in [4.78, 5) is 26.7. The van der Waals surface area contributed by atoms with Gasteiger partial charge in [-0.15, -0.1) is 0 Å². The van der Waals surface area contributed by atoms with Crippen molar-refractivity contribution in [3.05, 3.63) is 101 Å². The molecule has 5 nitrogen and oxygen atoms in total. The number of rotatable bonds is 6. The zero-order chi connectivity index (χ0) is 21.5. The molecule has 0 fully saturated rings. The van der Waals surface area contributed by atoms with Gasteiger partial charge in [0.2, 0.25) is 0 Å². The van der Waals surface area contributed by atoms with E-state index in [0.29, 0.717) is 11.3 Å². The number of nitrogens with zero attached hydrogens (tertiary/aromatic N) is 1. The predicted molar refractivity (Wildman–Crippen MR) is 118 cm³/mol. The van der Waals surface area contributed by atoms with Crippen molar-refractivity contribution in [3.63, 3.8) is 0 Å². The van der Waals surface area contributed by atoms with Crippen LogP contribution >= 0.6 is 0 Å². The second-order valence-corrected chi connectivity index (χ2v) is 7.07. The van der Waals surface area contributed by atoms with E-state index < -0.39 is 0 Å². The summed E-state index contributed by atoms with van der Waals surface area (Å²) in [5.74, 6) is 0.713. The molecule has 2 amide bonds. The first-order valence-electron chi connectivity index (χ1n) is 9.57. The molecule has 0 unspecified atom stereocenters. The number of likely N-dealkylation sites (N-methyl/N-ethyl adjacent to an activating group) is 1. The lowest BCUT2D eigenvalue weighted by molar-refractivity contribution is -0.124. The summed E-state index contributed by atoms with van der Waals surface area (Å²) in [7, 11) is 3.28. The molecule has 0 saturated carbocycles. The Kier molecular flexibility index (Phi) is 6.65. The Balaban J connectivity index is 1.86. The third kappa shape index (κ3) is 5.58. The van der Waals surface area contributed by atoms with Gasteiger partial charge in [-0.25, -0.2) is 0 Å². The van der Waals surface area contributed by atoms with Gasteiger partial charge in [-0.2, -0.15) is 0 Å². The topological polar surface area (TPSA) is 58.6 Å². The second kappa shape index (κ2) is 9.56. The number of hydrogen-bond donors (Lipinski definition) is 1. The number of aryl methyl sites for hydroxylation is 1. The lowest BCUT2D eigenvalue weighted by atomic mass is 10.1. The first kappa shape index (κ1) is 20.9. The summed E-state index contributed by atoms with van der Waals surface area (Å²) in [5, 5.41) is 2.74. The molecule has 0 aromatic heterocycles. The van der Waals surface area contributed by atoms with E-state index >= 15 is 0 Å². The standard InChI is InChI=1S/C25H24N2O3/c1-18-12-14-20(15-13-18)24(28)26-23(25(29)27(2)3)17-19-8-7-11-22(16-19)30-21-9-5-4-6-10-21/h4-17H,1-3H3,(H,26,28)/b23-17+. The average Bonchev–Trinajstić information content (AvgIpc) is 2.74. The van der Waals surface area contributed by atoms with Crippen molar-refractivity contribution in [2.24, 2.45) is 0 Å². The smallest absolute Gasteiger partial charge is 0.269 e. The molecule has 0 aliphatic heterocycles. The lowest BCUT2D eigenvalue weighted by Gasteiger charge is -2.15. The SMILES string of the molecule is Cc1ccc(C(=O)N/C(=C/c2cccc(Oc3ccccc3)c2)C(=O)N(C)C)cc1. The molecule has 152 valence electrons. The fraction of sp³-hybridized carbons (Fsp3) is 0.120. The zero-order valence-corrected chi connectivity index (χ0v) is 17.3. The fourth-order valence-electron chi connectivity index (χ4n) is 2.75. The Morgan fingerprint density at radius 2 is 1.53 bits per heavy atom. The number of amides is 2. The average molecular weight is 400 g/mol. The molecule has 0 atom stereocenters. The minimum atomic E-state index is -0.340. The van der Waals surface area contributed by atoms with E-state index in [1.165, 1.54) is 4.90 Å². The van der Waals surface area contributed by atoms with Crippen LogP contribution in [0.4, 0.5) is 0 Å². The summed E-state index contributed by atoms with van der Waals surface area (Å²) in [6.07, 6.45) is 1.65. The van der Waals surface area contributed by atoms with Gasteiger partial charge in [0, 0.05) is 19.7 Å². The first-order chi connectivity index (χ1) is 14.4. The molecule has 5 heteroatoms. The van der Waals surface area contributed by atoms with E-state index in [4.69, 9.17) is 4.74 Å². The van der Waals surface area contributed by atoms with Crippen LogP contribution in [0.1, 0.15) is 21.5 Å². The van der Waals surface area contributed by atoms with Crippen LogP contribution in [0.3, 0.4) is 0 Å². The van der Waals surface area contributed by atoms with Crippen LogP contribution < -0.4 is 10.1 Å². The molecule has 0 bridgehead atoms. The number of para-hydroxylation sites is 1. The highest BCUT2D eigenvalue weighted by Crippen LogP contribution is 2.23. The van der Waals surface area contributed by atoms with E-state index in [1.807, 2.05) is 73.7 Å². The number of carbonyl (C=O) groups excluding carboxylic acids is 2. The molecular weight excluding hydrogens is 376 g/mol. The van der Waals surface area contributed by atoms with Crippen molar-refractivity contribution >= 4 is 17.9 Å². The maximum absolute atomic E-state index is 12.7. The molecule has 0 heterocycles. The largest absolute Gasteiger partial charge is 0.457 e. The normalized spacial score (nSPS) is 11.0. The van der Waals surface area contributed by atoms with Crippen molar-refractivity contribution in [1.29, 1.82) is 0 Å². The Hall–Kier alpha value is -3.86. The van der Waals surface area contributed by atoms with Gasteiger partial charge < -0.3 is 15.0 Å². The molecule has 0 radical (unpaired) electrons. The molecule has 0 aliphatic carbocycles. The van der Waals surface area contributed by atoms with Crippen molar-refractivity contribution in [1.82, 2.24) is 10.2 Å². The van der Waals surface area contributed by atoms with Gasteiger partial charge in [0.1, 0.15) is 17.2 Å². The molecule has 3 aromatic rings. The van der Waals surface area contributed by atoms with Crippen LogP contribution in [-0.2, 0) is 4.79 Å². The molecule has 0 aliphatic rings. The maximum Gasteiger partial charge on any atom is 0.269 e. The summed E-state index contributed by atoms with van der Waals surface area (Å²) < 4.78 is 5.86. The second-order valence-electron chi connectivity index (χ2n) is 7.07. The number of hydrogen-bond acceptors (Lipinski definition) is 3. The van der Waals surface area contributed by atoms with Crippen LogP contribution in [0.15, 0.2) is 84.6 Å². The molecule has 0 saturated heterocycles. The maximum atomic E-state index is 12.7. The van der Waals surface area contributed by atoms with Gasteiger partial charge in [0.25, 0.3) is 11.8 Å². The van der Waals surface area contributed by atoms with Crippen molar-refractivity contribution in [2.75, 3.05) is 14.1 Å². The highest BCUT2D eigenvalue weighted by molar-refractivity contribution is 6.05. The van der Waals surface area contributed by atoms with E-state index in [1.54, 1.807) is 32.3 Å². The number of benzene rings is 3. The van der Waals surface area contributed by atoms with Crippen molar-refractivity contribution < 1.29 is 14.3 Å². The first-order valence-corrected chi connectivity index (χ1v) is 9.57. The van der Waals surface area contributed by atoms with Crippen LogP contribution in [-0.4, -0.2) is 30.8 Å². The molecule has 3 rings (SSSR count). The Morgan fingerprint density at radius 1 is 0.867 bits per heavy atom. The molecule has 1 N–H and O–H groups in total. The zero-order valence-electron chi connectivity index (χ0n) is 17.3. The monoisotopic (exact) mass is 400 g/mol. The Morgan fingerprint density at radius 3 is 2.20 bits per heavy atom. The molecule has 30 heavy (non-hydrogen) atoms. The summed E-state index contributed by atoms with van der Waals surface area (Å²) in [5.41, 5.74) is 2.46. The van der Waals surface area contributed by atoms with Gasteiger partial charge in [-0.3, -0.25) is 9.59 Å². The van der Waals surface area contributed by atoms with Crippen molar-refractivity contribution in [3.8, 4) is 11.5 Å². The summed E-state index contributed by atoms with van der Waals surface area (Å²) >= 11 is 0. The summed E-state index contributed by atoms with van der Waals surface area (Å²) in [6, 6.07) is 24.0. The van der Waals surface area contributed by atoms with Crippen LogP contribution in [0.25, 0.3) is 6.08 Å². The van der Waals surface area contributed by atoms with Gasteiger partial charge in [-0.1, -0.05) is 48.0 Å². The van der Waals surface area contributed by atoms with E-state index in [-0.39, 0.29) is 17.5 Å². The number of nitrogens with one attached hydrogen (secondary N) is 1. The summed E-state index contributed by atoms with van der Waals surface area (Å²) in [6.45, 7) is 1.95.